The van der Waals surface area contributed by atoms with Crippen LogP contribution in [0.25, 0.3) is 10.2 Å². The van der Waals surface area contributed by atoms with Gasteiger partial charge in [0.05, 0.1) is 23.4 Å². The summed E-state index contributed by atoms with van der Waals surface area (Å²) < 4.78 is 6.15. The number of likely N-dealkylation sites (tertiary alicyclic amines) is 1. The van der Waals surface area contributed by atoms with E-state index in [0.29, 0.717) is 11.6 Å². The highest BCUT2D eigenvalue weighted by molar-refractivity contribution is 7.18. The van der Waals surface area contributed by atoms with Gasteiger partial charge in [-0.05, 0) is 42.7 Å². The van der Waals surface area contributed by atoms with Crippen LogP contribution < -0.4 is 4.74 Å². The van der Waals surface area contributed by atoms with Crippen molar-refractivity contribution in [2.75, 3.05) is 13.7 Å². The Morgan fingerprint density at radius 3 is 2.63 bits per heavy atom. The molecule has 2 heterocycles. The number of methoxy groups -OCH3 is 1. The molecule has 0 radical (unpaired) electrons. The molecule has 3 unspecified atom stereocenters. The number of para-hydroxylation sites is 1. The first-order valence-corrected chi connectivity index (χ1v) is 11.1. The van der Waals surface area contributed by atoms with Crippen LogP contribution in [-0.4, -0.2) is 45.8 Å². The first kappa shape index (κ1) is 20.8. The third-order valence-electron chi connectivity index (χ3n) is 5.65. The molecule has 0 saturated carbocycles. The molecule has 0 aliphatic carbocycles. The fraction of sp³-hybridized carbons (Fsp3) is 0.391. The Kier molecular flexibility index (Phi) is 6.32. The maximum Gasteiger partial charge on any atom is 0.255 e. The third-order valence-corrected chi connectivity index (χ3v) is 6.76. The molecule has 3 aromatic rings. The van der Waals surface area contributed by atoms with Gasteiger partial charge in [0.2, 0.25) is 0 Å². The van der Waals surface area contributed by atoms with Crippen molar-refractivity contribution in [1.29, 1.82) is 0 Å². The smallest absolute Gasteiger partial charge is 0.255 e. The summed E-state index contributed by atoms with van der Waals surface area (Å²) in [7, 11) is 1.62. The molecule has 2 N–H and O–H groups in total. The highest BCUT2D eigenvalue weighted by Gasteiger charge is 2.35. The van der Waals surface area contributed by atoms with Crippen LogP contribution in [0, 0.1) is 0 Å². The van der Waals surface area contributed by atoms with Crippen molar-refractivity contribution in [1.82, 2.24) is 9.88 Å². The first-order valence-electron chi connectivity index (χ1n) is 10.2. The molecule has 3 atom stereocenters. The lowest BCUT2D eigenvalue weighted by Crippen LogP contribution is -2.44. The largest absolute Gasteiger partial charge is 0.497 e. The van der Waals surface area contributed by atoms with Crippen LogP contribution in [0.2, 0.25) is 0 Å². The van der Waals surface area contributed by atoms with Gasteiger partial charge in [-0.3, -0.25) is 4.79 Å². The summed E-state index contributed by atoms with van der Waals surface area (Å²) in [6.45, 7) is 0.555. The van der Waals surface area contributed by atoms with Crippen LogP contribution in [0.3, 0.4) is 0 Å². The quantitative estimate of drug-likeness (QED) is 0.648. The Labute approximate surface area is 179 Å². The number of ether oxygens (including phenoxy) is 1. The zero-order valence-corrected chi connectivity index (χ0v) is 17.7. The number of hydrogen-bond acceptors (Lipinski definition) is 6. The van der Waals surface area contributed by atoms with Gasteiger partial charge >= 0.3 is 0 Å². The monoisotopic (exact) mass is 426 g/mol. The fourth-order valence-electron chi connectivity index (χ4n) is 4.00. The summed E-state index contributed by atoms with van der Waals surface area (Å²) in [6.07, 6.45) is 0.841. The maximum absolute atomic E-state index is 13.3. The van der Waals surface area contributed by atoms with Crippen LogP contribution in [0.5, 0.6) is 5.75 Å². The minimum atomic E-state index is -1.55. The molecule has 1 aliphatic rings. The summed E-state index contributed by atoms with van der Waals surface area (Å²) in [5.74, 6) is 0.306. The number of rotatable bonds is 5. The molecule has 1 fully saturated rings. The SMILES string of the molecule is COc1ccc(C2CCCCCN2C(=O)C(O)C(O)c2nc3ccccc3s2)cc1. The predicted molar refractivity (Wildman–Crippen MR) is 117 cm³/mol. The van der Waals surface area contributed by atoms with Crippen molar-refractivity contribution < 1.29 is 19.7 Å². The van der Waals surface area contributed by atoms with E-state index in [1.165, 1.54) is 11.3 Å². The molecule has 1 saturated heterocycles. The Morgan fingerprint density at radius 2 is 1.90 bits per heavy atom. The molecule has 1 aliphatic heterocycles. The van der Waals surface area contributed by atoms with Gasteiger partial charge in [-0.1, -0.05) is 37.1 Å². The van der Waals surface area contributed by atoms with Gasteiger partial charge in [-0.15, -0.1) is 11.3 Å². The normalized spacial score (nSPS) is 19.3. The Balaban J connectivity index is 1.57. The number of carbonyl (C=O) groups excluding carboxylic acids is 1. The van der Waals surface area contributed by atoms with Gasteiger partial charge in [0.25, 0.3) is 5.91 Å². The molecular weight excluding hydrogens is 400 g/mol. The van der Waals surface area contributed by atoms with E-state index in [2.05, 4.69) is 4.98 Å². The van der Waals surface area contributed by atoms with E-state index >= 15 is 0 Å². The molecule has 0 spiro atoms. The lowest BCUT2D eigenvalue weighted by molar-refractivity contribution is -0.149. The number of fused-ring (bicyclic) bond motifs is 1. The molecule has 1 aromatic heterocycles. The summed E-state index contributed by atoms with van der Waals surface area (Å²) in [6, 6.07) is 15.1. The van der Waals surface area contributed by atoms with Crippen LogP contribution in [-0.2, 0) is 4.79 Å². The van der Waals surface area contributed by atoms with E-state index < -0.39 is 18.1 Å². The van der Waals surface area contributed by atoms with Gasteiger partial charge in [0, 0.05) is 6.54 Å². The van der Waals surface area contributed by atoms with Crippen LogP contribution in [0.4, 0.5) is 0 Å². The number of amides is 1. The summed E-state index contributed by atoms with van der Waals surface area (Å²) >= 11 is 1.30. The predicted octanol–water partition coefficient (Wildman–Crippen LogP) is 3.84. The molecule has 158 valence electrons. The van der Waals surface area contributed by atoms with Crippen molar-refractivity contribution in [3.05, 3.63) is 59.1 Å². The second kappa shape index (κ2) is 9.12. The van der Waals surface area contributed by atoms with E-state index in [1.807, 2.05) is 48.5 Å². The minimum absolute atomic E-state index is 0.136. The summed E-state index contributed by atoms with van der Waals surface area (Å²) in [4.78, 5) is 19.4. The number of aliphatic hydroxyl groups is 2. The number of carbonyl (C=O) groups is 1. The Bertz CT molecular complexity index is 971. The highest BCUT2D eigenvalue weighted by Crippen LogP contribution is 2.34. The van der Waals surface area contributed by atoms with E-state index in [1.54, 1.807) is 12.0 Å². The summed E-state index contributed by atoms with van der Waals surface area (Å²) in [5, 5.41) is 21.8. The number of thiazole rings is 1. The third kappa shape index (κ3) is 4.19. The summed E-state index contributed by atoms with van der Waals surface area (Å²) in [5.41, 5.74) is 1.76. The van der Waals surface area contributed by atoms with Crippen molar-refractivity contribution in [2.24, 2.45) is 0 Å². The number of nitrogens with zero attached hydrogens (tertiary/aromatic N) is 2. The maximum atomic E-state index is 13.3. The molecular formula is C23H26N2O4S. The van der Waals surface area contributed by atoms with Crippen LogP contribution in [0.15, 0.2) is 48.5 Å². The van der Waals surface area contributed by atoms with E-state index in [9.17, 15) is 15.0 Å². The molecule has 1 amide bonds. The van der Waals surface area contributed by atoms with Crippen LogP contribution >= 0.6 is 11.3 Å². The van der Waals surface area contributed by atoms with Crippen molar-refractivity contribution in [3.8, 4) is 5.75 Å². The lowest BCUT2D eigenvalue weighted by atomic mass is 9.99. The molecule has 4 rings (SSSR count). The minimum Gasteiger partial charge on any atom is -0.497 e. The number of hydrogen-bond donors (Lipinski definition) is 2. The van der Waals surface area contributed by atoms with Crippen LogP contribution in [0.1, 0.15) is 48.4 Å². The molecule has 6 nitrogen and oxygen atoms in total. The van der Waals surface area contributed by atoms with Gasteiger partial charge in [-0.25, -0.2) is 4.98 Å². The van der Waals surface area contributed by atoms with Gasteiger partial charge in [0.1, 0.15) is 16.9 Å². The highest BCUT2D eigenvalue weighted by atomic mass is 32.1. The average molecular weight is 427 g/mol. The number of aromatic nitrogens is 1. The fourth-order valence-corrected chi connectivity index (χ4v) is 4.99. The van der Waals surface area contributed by atoms with E-state index in [4.69, 9.17) is 4.74 Å². The zero-order valence-electron chi connectivity index (χ0n) is 16.9. The first-order chi connectivity index (χ1) is 14.6. The number of aliphatic hydroxyl groups excluding tert-OH is 2. The van der Waals surface area contributed by atoms with Crippen molar-refractivity contribution in [3.63, 3.8) is 0 Å². The van der Waals surface area contributed by atoms with E-state index in [0.717, 1.165) is 47.2 Å². The Morgan fingerprint density at radius 1 is 1.13 bits per heavy atom. The lowest BCUT2D eigenvalue weighted by Gasteiger charge is -2.33. The molecule has 2 aromatic carbocycles. The standard InChI is InChI=1S/C23H26N2O4S/c1-29-16-12-10-15(11-13-16)18-8-3-2-6-14-25(18)23(28)21(27)20(26)22-24-17-7-4-5-9-19(17)30-22/h4-5,7,9-13,18,20-21,26-27H,2-3,6,8,14H2,1H3. The Hall–Kier alpha value is -2.48. The number of benzene rings is 2. The molecule has 30 heavy (non-hydrogen) atoms. The topological polar surface area (TPSA) is 82.9 Å². The molecule has 7 heteroatoms. The second-order valence-corrected chi connectivity index (χ2v) is 8.64. The van der Waals surface area contributed by atoms with Gasteiger partial charge < -0.3 is 19.8 Å². The van der Waals surface area contributed by atoms with Gasteiger partial charge in [0.15, 0.2) is 6.10 Å². The van der Waals surface area contributed by atoms with Crippen molar-refractivity contribution >= 4 is 27.5 Å². The van der Waals surface area contributed by atoms with Crippen molar-refractivity contribution in [2.45, 2.75) is 43.9 Å². The zero-order chi connectivity index (χ0) is 21.1. The second-order valence-electron chi connectivity index (χ2n) is 7.58. The van der Waals surface area contributed by atoms with E-state index in [-0.39, 0.29) is 6.04 Å². The molecule has 0 bridgehead atoms. The van der Waals surface area contributed by atoms with Gasteiger partial charge in [-0.2, -0.15) is 0 Å². The average Bonchev–Trinajstić information content (AvgIpc) is 3.07.